The van der Waals surface area contributed by atoms with E-state index in [2.05, 4.69) is 9.93 Å². The van der Waals surface area contributed by atoms with Gasteiger partial charge in [0, 0.05) is 0 Å². The van der Waals surface area contributed by atoms with Crippen LogP contribution in [0.25, 0.3) is 0 Å². The molecule has 2 rings (SSSR count). The third-order valence-corrected chi connectivity index (χ3v) is 4.80. The Morgan fingerprint density at radius 3 is 2.23 bits per heavy atom. The molecule has 0 amide bonds. The second-order valence-corrected chi connectivity index (χ2v) is 7.11. The third kappa shape index (κ3) is 3.74. The number of nitrogens with one attached hydrogen (secondary N) is 1. The lowest BCUT2D eigenvalue weighted by Crippen LogP contribution is -2.19. The van der Waals surface area contributed by atoms with Crippen LogP contribution in [0.1, 0.15) is 27.8 Å². The fourth-order valence-corrected chi connectivity index (χ4v) is 3.30. The van der Waals surface area contributed by atoms with Gasteiger partial charge in [0.2, 0.25) is 0 Å². The fourth-order valence-electron chi connectivity index (χ4n) is 2.18. The molecule has 0 radical (unpaired) electrons. The molecule has 2 aromatic carbocycles. The number of hydrazone groups is 1. The first-order chi connectivity index (χ1) is 10.3. The number of aryl methyl sites for hydroxylation is 4. The van der Waals surface area contributed by atoms with Gasteiger partial charge < -0.3 is 0 Å². The van der Waals surface area contributed by atoms with Crippen LogP contribution in [0.3, 0.4) is 0 Å². The van der Waals surface area contributed by atoms with E-state index in [4.69, 9.17) is 0 Å². The van der Waals surface area contributed by atoms with Gasteiger partial charge in [-0.2, -0.15) is 13.5 Å². The van der Waals surface area contributed by atoms with Gasteiger partial charge in [-0.3, -0.25) is 0 Å². The maximum atomic E-state index is 12.3. The SMILES string of the molecule is Cc1ccc(C=NNS(=O)(=O)c2cc(C)ccc2C)c(C)c1. The lowest BCUT2D eigenvalue weighted by molar-refractivity contribution is 0.584. The van der Waals surface area contributed by atoms with E-state index in [-0.39, 0.29) is 4.90 Å². The first-order valence-electron chi connectivity index (χ1n) is 6.99. The summed E-state index contributed by atoms with van der Waals surface area (Å²) in [6, 6.07) is 11.2. The lowest BCUT2D eigenvalue weighted by atomic mass is 10.1. The zero-order valence-corrected chi connectivity index (χ0v) is 14.0. The second kappa shape index (κ2) is 6.32. The van der Waals surface area contributed by atoms with Gasteiger partial charge in [-0.15, -0.1) is 0 Å². The van der Waals surface area contributed by atoms with Crippen LogP contribution in [-0.4, -0.2) is 14.6 Å². The number of hydrogen-bond donors (Lipinski definition) is 1. The predicted molar refractivity (Wildman–Crippen MR) is 89.7 cm³/mol. The topological polar surface area (TPSA) is 58.5 Å². The van der Waals surface area contributed by atoms with Crippen molar-refractivity contribution in [2.45, 2.75) is 32.6 Å². The molecule has 0 spiro atoms. The van der Waals surface area contributed by atoms with E-state index in [1.807, 2.05) is 45.0 Å². The average Bonchev–Trinajstić information content (AvgIpc) is 2.44. The molecule has 2 aromatic rings. The largest absolute Gasteiger partial charge is 0.276 e. The molecule has 0 saturated heterocycles. The highest BCUT2D eigenvalue weighted by Crippen LogP contribution is 2.16. The lowest BCUT2D eigenvalue weighted by Gasteiger charge is -2.08. The molecule has 22 heavy (non-hydrogen) atoms. The maximum Gasteiger partial charge on any atom is 0.276 e. The Labute approximate surface area is 131 Å². The van der Waals surface area contributed by atoms with Gasteiger partial charge >= 0.3 is 0 Å². The van der Waals surface area contributed by atoms with Gasteiger partial charge in [0.25, 0.3) is 10.0 Å². The van der Waals surface area contributed by atoms with Crippen molar-refractivity contribution >= 4 is 16.2 Å². The number of rotatable bonds is 4. The Morgan fingerprint density at radius 2 is 1.55 bits per heavy atom. The van der Waals surface area contributed by atoms with Crippen LogP contribution in [0.5, 0.6) is 0 Å². The molecule has 0 unspecified atom stereocenters. The van der Waals surface area contributed by atoms with Gasteiger partial charge in [-0.25, -0.2) is 4.83 Å². The molecule has 5 heteroatoms. The highest BCUT2D eigenvalue weighted by Gasteiger charge is 2.15. The Morgan fingerprint density at radius 1 is 0.909 bits per heavy atom. The summed E-state index contributed by atoms with van der Waals surface area (Å²) in [7, 11) is -3.65. The molecule has 0 saturated carbocycles. The van der Waals surface area contributed by atoms with Crippen molar-refractivity contribution in [3.8, 4) is 0 Å². The third-order valence-electron chi connectivity index (χ3n) is 3.43. The average molecular weight is 316 g/mol. The summed E-state index contributed by atoms with van der Waals surface area (Å²) < 4.78 is 24.6. The van der Waals surface area contributed by atoms with Gasteiger partial charge in [0.1, 0.15) is 0 Å². The zero-order valence-electron chi connectivity index (χ0n) is 13.2. The van der Waals surface area contributed by atoms with E-state index in [9.17, 15) is 8.42 Å². The molecule has 0 aliphatic carbocycles. The molecule has 0 aliphatic rings. The van der Waals surface area contributed by atoms with Crippen LogP contribution in [0.2, 0.25) is 0 Å². The molecule has 4 nitrogen and oxygen atoms in total. The molecule has 1 N–H and O–H groups in total. The smallest absolute Gasteiger partial charge is 0.200 e. The molecule has 0 heterocycles. The molecular weight excluding hydrogens is 296 g/mol. The standard InChI is InChI=1S/C17H20N2O2S/c1-12-6-8-16(15(4)9-12)11-18-19-22(20,21)17-10-13(2)5-7-14(17)3/h5-11,19H,1-4H3. The van der Waals surface area contributed by atoms with E-state index < -0.39 is 10.0 Å². The van der Waals surface area contributed by atoms with Crippen LogP contribution >= 0.6 is 0 Å². The summed E-state index contributed by atoms with van der Waals surface area (Å²) >= 11 is 0. The molecule has 0 atom stereocenters. The number of nitrogens with zero attached hydrogens (tertiary/aromatic N) is 1. The number of sulfonamides is 1. The van der Waals surface area contributed by atoms with Crippen molar-refractivity contribution < 1.29 is 8.42 Å². The minimum absolute atomic E-state index is 0.255. The number of benzene rings is 2. The molecule has 0 fully saturated rings. The summed E-state index contributed by atoms with van der Waals surface area (Å²) in [6.45, 7) is 7.60. The Hall–Kier alpha value is -2.14. The van der Waals surface area contributed by atoms with E-state index in [0.29, 0.717) is 5.56 Å². The molecule has 0 aliphatic heterocycles. The van der Waals surface area contributed by atoms with Gasteiger partial charge in [-0.1, -0.05) is 35.9 Å². The highest BCUT2D eigenvalue weighted by atomic mass is 32.2. The Balaban J connectivity index is 2.22. The summed E-state index contributed by atoms with van der Waals surface area (Å²) in [4.78, 5) is 2.53. The minimum Gasteiger partial charge on any atom is -0.200 e. The molecule has 0 bridgehead atoms. The van der Waals surface area contributed by atoms with Gasteiger partial charge in [0.15, 0.2) is 0 Å². The van der Waals surface area contributed by atoms with Crippen molar-refractivity contribution in [3.05, 3.63) is 64.2 Å². The van der Waals surface area contributed by atoms with E-state index in [1.165, 1.54) is 6.21 Å². The van der Waals surface area contributed by atoms with E-state index in [1.54, 1.807) is 19.1 Å². The Kier molecular flexibility index (Phi) is 4.66. The van der Waals surface area contributed by atoms with Crippen molar-refractivity contribution in [1.29, 1.82) is 0 Å². The fraction of sp³-hybridized carbons (Fsp3) is 0.235. The van der Waals surface area contributed by atoms with Crippen LogP contribution in [0, 0.1) is 27.7 Å². The highest BCUT2D eigenvalue weighted by molar-refractivity contribution is 7.89. The summed E-state index contributed by atoms with van der Waals surface area (Å²) in [6.07, 6.45) is 1.53. The maximum absolute atomic E-state index is 12.3. The van der Waals surface area contributed by atoms with Gasteiger partial charge in [0.05, 0.1) is 11.1 Å². The Bertz CT molecular complexity index is 825. The molecule has 0 aromatic heterocycles. The molecule has 116 valence electrons. The predicted octanol–water partition coefficient (Wildman–Crippen LogP) is 3.23. The molecular formula is C17H20N2O2S. The normalized spacial score (nSPS) is 11.8. The first-order valence-corrected chi connectivity index (χ1v) is 8.47. The van der Waals surface area contributed by atoms with Crippen LogP contribution in [0.4, 0.5) is 0 Å². The minimum atomic E-state index is -3.65. The van der Waals surface area contributed by atoms with Gasteiger partial charge in [-0.05, 0) is 56.0 Å². The number of hydrogen-bond acceptors (Lipinski definition) is 3. The van der Waals surface area contributed by atoms with E-state index >= 15 is 0 Å². The summed E-state index contributed by atoms with van der Waals surface area (Å²) in [5.74, 6) is 0. The second-order valence-electron chi connectivity index (χ2n) is 5.48. The summed E-state index contributed by atoms with van der Waals surface area (Å²) in [5.41, 5.74) is 4.68. The van der Waals surface area contributed by atoms with Crippen molar-refractivity contribution in [2.24, 2.45) is 5.10 Å². The monoisotopic (exact) mass is 316 g/mol. The van der Waals surface area contributed by atoms with Crippen molar-refractivity contribution in [2.75, 3.05) is 0 Å². The van der Waals surface area contributed by atoms with Crippen LogP contribution in [-0.2, 0) is 10.0 Å². The van der Waals surface area contributed by atoms with Crippen molar-refractivity contribution in [1.82, 2.24) is 4.83 Å². The summed E-state index contributed by atoms with van der Waals surface area (Å²) in [5, 5.41) is 3.89. The van der Waals surface area contributed by atoms with Crippen molar-refractivity contribution in [3.63, 3.8) is 0 Å². The zero-order chi connectivity index (χ0) is 16.3. The van der Waals surface area contributed by atoms with Crippen LogP contribution in [0.15, 0.2) is 46.4 Å². The van der Waals surface area contributed by atoms with E-state index in [0.717, 1.165) is 22.3 Å². The van der Waals surface area contributed by atoms with Crippen LogP contribution < -0.4 is 4.83 Å². The quantitative estimate of drug-likeness (QED) is 0.695. The first kappa shape index (κ1) is 16.2.